The summed E-state index contributed by atoms with van der Waals surface area (Å²) in [7, 11) is 0. The van der Waals surface area contributed by atoms with Gasteiger partial charge < -0.3 is 9.73 Å². The van der Waals surface area contributed by atoms with Crippen LogP contribution in [0.2, 0.25) is 0 Å². The monoisotopic (exact) mass is 250 g/mol. The summed E-state index contributed by atoms with van der Waals surface area (Å²) in [6.07, 6.45) is 2.65. The zero-order valence-corrected chi connectivity index (χ0v) is 12.1. The number of hydrogen-bond donors (Lipinski definition) is 1. The second-order valence-electron chi connectivity index (χ2n) is 5.61. The van der Waals surface area contributed by atoms with Crippen LogP contribution in [-0.2, 0) is 13.1 Å². The first-order valence-electron chi connectivity index (χ1n) is 7.15. The first kappa shape index (κ1) is 13.6. The van der Waals surface area contributed by atoms with Crippen LogP contribution in [0.15, 0.2) is 10.5 Å². The van der Waals surface area contributed by atoms with Crippen molar-refractivity contribution in [3.05, 3.63) is 23.2 Å². The van der Waals surface area contributed by atoms with Crippen molar-refractivity contribution >= 4 is 0 Å². The van der Waals surface area contributed by atoms with Gasteiger partial charge in [-0.05, 0) is 46.2 Å². The third-order valence-corrected chi connectivity index (χ3v) is 3.72. The van der Waals surface area contributed by atoms with Gasteiger partial charge in [0.1, 0.15) is 11.5 Å². The first-order valence-corrected chi connectivity index (χ1v) is 7.15. The van der Waals surface area contributed by atoms with Crippen molar-refractivity contribution < 1.29 is 4.42 Å². The van der Waals surface area contributed by atoms with E-state index in [1.807, 2.05) is 0 Å². The van der Waals surface area contributed by atoms with Gasteiger partial charge in [0.2, 0.25) is 0 Å². The molecular formula is C15H26N2O. The fourth-order valence-corrected chi connectivity index (χ4v) is 2.24. The van der Waals surface area contributed by atoms with E-state index in [-0.39, 0.29) is 0 Å². The third kappa shape index (κ3) is 3.59. The van der Waals surface area contributed by atoms with Gasteiger partial charge in [0.25, 0.3) is 0 Å². The van der Waals surface area contributed by atoms with Crippen molar-refractivity contribution in [2.75, 3.05) is 6.54 Å². The Morgan fingerprint density at radius 1 is 1.44 bits per heavy atom. The predicted octanol–water partition coefficient (Wildman–Crippen LogP) is 3.07. The number of hydrogen-bond acceptors (Lipinski definition) is 3. The minimum atomic E-state index is 0.581. The minimum absolute atomic E-state index is 0.581. The topological polar surface area (TPSA) is 28.4 Å². The van der Waals surface area contributed by atoms with E-state index in [2.05, 4.69) is 44.0 Å². The highest BCUT2D eigenvalue weighted by Crippen LogP contribution is 2.21. The molecule has 0 aliphatic heterocycles. The first-order chi connectivity index (χ1) is 8.60. The van der Waals surface area contributed by atoms with E-state index in [0.29, 0.717) is 6.04 Å². The Kier molecular flexibility index (Phi) is 4.46. The number of nitrogens with one attached hydrogen (secondary N) is 1. The molecule has 102 valence electrons. The molecule has 1 N–H and O–H groups in total. The van der Waals surface area contributed by atoms with E-state index in [0.717, 1.165) is 37.2 Å². The number of aryl methyl sites for hydroxylation is 1. The molecule has 3 nitrogen and oxygen atoms in total. The molecule has 1 saturated carbocycles. The molecule has 1 aromatic heterocycles. The maximum absolute atomic E-state index is 5.83. The maximum atomic E-state index is 5.83. The Morgan fingerprint density at radius 2 is 2.17 bits per heavy atom. The SMILES string of the molecule is CCN(Cc1cc(CNC2CC2)oc1C)C(C)C. The van der Waals surface area contributed by atoms with Crippen LogP contribution in [-0.4, -0.2) is 23.5 Å². The highest BCUT2D eigenvalue weighted by molar-refractivity contribution is 5.21. The van der Waals surface area contributed by atoms with E-state index >= 15 is 0 Å². The fourth-order valence-electron chi connectivity index (χ4n) is 2.24. The van der Waals surface area contributed by atoms with Gasteiger partial charge in [0.15, 0.2) is 0 Å². The molecule has 0 aromatic carbocycles. The summed E-state index contributed by atoms with van der Waals surface area (Å²) in [6.45, 7) is 11.7. The van der Waals surface area contributed by atoms with Gasteiger partial charge in [0.05, 0.1) is 6.54 Å². The van der Waals surface area contributed by atoms with Gasteiger partial charge in [-0.15, -0.1) is 0 Å². The summed E-state index contributed by atoms with van der Waals surface area (Å²) in [6, 6.07) is 3.54. The van der Waals surface area contributed by atoms with Crippen LogP contribution in [0.25, 0.3) is 0 Å². The lowest BCUT2D eigenvalue weighted by Crippen LogP contribution is -2.30. The quantitative estimate of drug-likeness (QED) is 0.806. The van der Waals surface area contributed by atoms with Gasteiger partial charge in [-0.25, -0.2) is 0 Å². The van der Waals surface area contributed by atoms with Gasteiger partial charge in [0, 0.05) is 24.2 Å². The number of furan rings is 1. The average Bonchev–Trinajstić information content (AvgIpc) is 3.08. The number of rotatable bonds is 7. The highest BCUT2D eigenvalue weighted by atomic mass is 16.3. The Bertz CT molecular complexity index is 380. The minimum Gasteiger partial charge on any atom is -0.465 e. The Morgan fingerprint density at radius 3 is 2.72 bits per heavy atom. The summed E-state index contributed by atoms with van der Waals surface area (Å²) in [5, 5.41) is 3.50. The summed E-state index contributed by atoms with van der Waals surface area (Å²) in [5.74, 6) is 2.15. The Hall–Kier alpha value is -0.800. The molecule has 0 bridgehead atoms. The lowest BCUT2D eigenvalue weighted by molar-refractivity contribution is 0.223. The third-order valence-electron chi connectivity index (χ3n) is 3.72. The lowest BCUT2D eigenvalue weighted by atomic mass is 10.2. The fraction of sp³-hybridized carbons (Fsp3) is 0.733. The molecule has 1 fully saturated rings. The van der Waals surface area contributed by atoms with E-state index in [1.165, 1.54) is 18.4 Å². The summed E-state index contributed by atoms with van der Waals surface area (Å²) < 4.78 is 5.83. The predicted molar refractivity (Wildman–Crippen MR) is 74.5 cm³/mol. The molecule has 1 aromatic rings. The van der Waals surface area contributed by atoms with Crippen LogP contribution in [0.3, 0.4) is 0 Å². The Balaban J connectivity index is 1.94. The van der Waals surface area contributed by atoms with Gasteiger partial charge in [-0.3, -0.25) is 4.90 Å². The molecule has 0 spiro atoms. The van der Waals surface area contributed by atoms with E-state index < -0.39 is 0 Å². The number of nitrogens with zero attached hydrogens (tertiary/aromatic N) is 1. The van der Waals surface area contributed by atoms with Crippen LogP contribution < -0.4 is 5.32 Å². The maximum Gasteiger partial charge on any atom is 0.118 e. The molecule has 1 aliphatic carbocycles. The van der Waals surface area contributed by atoms with Crippen molar-refractivity contribution in [2.45, 2.75) is 65.7 Å². The second-order valence-corrected chi connectivity index (χ2v) is 5.61. The van der Waals surface area contributed by atoms with E-state index in [1.54, 1.807) is 0 Å². The molecule has 0 saturated heterocycles. The average molecular weight is 250 g/mol. The standard InChI is InChI=1S/C15H26N2O/c1-5-17(11(2)3)10-13-8-15(18-12(13)4)9-16-14-6-7-14/h8,11,14,16H,5-7,9-10H2,1-4H3. The van der Waals surface area contributed by atoms with Crippen LogP contribution in [0.5, 0.6) is 0 Å². The normalized spacial score (nSPS) is 15.9. The van der Waals surface area contributed by atoms with E-state index in [9.17, 15) is 0 Å². The molecule has 2 rings (SSSR count). The molecule has 18 heavy (non-hydrogen) atoms. The molecule has 0 atom stereocenters. The van der Waals surface area contributed by atoms with Crippen molar-refractivity contribution in [3.8, 4) is 0 Å². The van der Waals surface area contributed by atoms with Gasteiger partial charge in [-0.2, -0.15) is 0 Å². The molecule has 0 radical (unpaired) electrons. The van der Waals surface area contributed by atoms with Crippen LogP contribution in [0, 0.1) is 6.92 Å². The van der Waals surface area contributed by atoms with Crippen molar-refractivity contribution in [3.63, 3.8) is 0 Å². The van der Waals surface area contributed by atoms with Crippen molar-refractivity contribution in [1.29, 1.82) is 0 Å². The summed E-state index contributed by atoms with van der Waals surface area (Å²) >= 11 is 0. The largest absolute Gasteiger partial charge is 0.465 e. The summed E-state index contributed by atoms with van der Waals surface area (Å²) in [5.41, 5.74) is 1.33. The van der Waals surface area contributed by atoms with Crippen LogP contribution in [0.4, 0.5) is 0 Å². The van der Waals surface area contributed by atoms with Crippen molar-refractivity contribution in [1.82, 2.24) is 10.2 Å². The van der Waals surface area contributed by atoms with Gasteiger partial charge >= 0.3 is 0 Å². The zero-order chi connectivity index (χ0) is 13.1. The smallest absolute Gasteiger partial charge is 0.118 e. The molecule has 1 heterocycles. The second kappa shape index (κ2) is 5.89. The Labute approximate surface area is 111 Å². The van der Waals surface area contributed by atoms with Crippen LogP contribution >= 0.6 is 0 Å². The zero-order valence-electron chi connectivity index (χ0n) is 12.1. The highest BCUT2D eigenvalue weighted by Gasteiger charge is 2.21. The summed E-state index contributed by atoms with van der Waals surface area (Å²) in [4.78, 5) is 2.45. The van der Waals surface area contributed by atoms with Gasteiger partial charge in [-0.1, -0.05) is 6.92 Å². The van der Waals surface area contributed by atoms with Crippen LogP contribution in [0.1, 0.15) is 50.7 Å². The molecular weight excluding hydrogens is 224 g/mol. The molecule has 0 unspecified atom stereocenters. The molecule has 3 heteroatoms. The molecule has 0 amide bonds. The molecule has 1 aliphatic rings. The lowest BCUT2D eigenvalue weighted by Gasteiger charge is -2.24. The van der Waals surface area contributed by atoms with Crippen molar-refractivity contribution in [2.24, 2.45) is 0 Å². The van der Waals surface area contributed by atoms with E-state index in [4.69, 9.17) is 4.42 Å².